The van der Waals surface area contributed by atoms with Gasteiger partial charge in [-0.05, 0) is 31.5 Å². The molecule has 0 amide bonds. The van der Waals surface area contributed by atoms with Crippen molar-refractivity contribution in [3.8, 4) is 5.75 Å². The third-order valence-electron chi connectivity index (χ3n) is 3.74. The van der Waals surface area contributed by atoms with Gasteiger partial charge in [0.15, 0.2) is 0 Å². The summed E-state index contributed by atoms with van der Waals surface area (Å²) in [6.45, 7) is 4.69. The Morgan fingerprint density at radius 2 is 1.72 bits per heavy atom. The van der Waals surface area contributed by atoms with Gasteiger partial charge in [0.1, 0.15) is 23.2 Å². The molecule has 0 spiro atoms. The normalized spacial score (nSPS) is 10.4. The van der Waals surface area contributed by atoms with Crippen LogP contribution in [0.1, 0.15) is 17.0 Å². The molecule has 5 nitrogen and oxygen atoms in total. The lowest BCUT2D eigenvalue weighted by Gasteiger charge is -2.11. The molecule has 1 heterocycles. The molecule has 2 N–H and O–H groups in total. The van der Waals surface area contributed by atoms with E-state index in [2.05, 4.69) is 51.8 Å². The largest absolute Gasteiger partial charge is 0.497 e. The number of hydrogen-bond acceptors (Lipinski definition) is 5. The van der Waals surface area contributed by atoms with Crippen molar-refractivity contribution < 1.29 is 4.74 Å². The van der Waals surface area contributed by atoms with Crippen molar-refractivity contribution in [3.63, 3.8) is 0 Å². The predicted octanol–water partition coefficient (Wildman–Crippen LogP) is 4.46. The van der Waals surface area contributed by atoms with Crippen LogP contribution in [0.3, 0.4) is 0 Å². The summed E-state index contributed by atoms with van der Waals surface area (Å²) in [5.74, 6) is 3.04. The molecule has 0 radical (unpaired) electrons. The van der Waals surface area contributed by atoms with Crippen LogP contribution in [0.25, 0.3) is 0 Å². The van der Waals surface area contributed by atoms with Crippen LogP contribution in [-0.4, -0.2) is 17.1 Å². The number of nitrogens with zero attached hydrogens (tertiary/aromatic N) is 2. The maximum Gasteiger partial charge on any atom is 0.136 e. The van der Waals surface area contributed by atoms with E-state index in [4.69, 9.17) is 4.74 Å². The molecule has 2 aromatic carbocycles. The molecule has 0 aliphatic heterocycles. The van der Waals surface area contributed by atoms with Crippen LogP contribution < -0.4 is 15.4 Å². The number of methoxy groups -OCH3 is 1. The Kier molecular flexibility index (Phi) is 5.14. The number of benzene rings is 2. The molecule has 0 saturated heterocycles. The minimum atomic E-state index is 0.708. The van der Waals surface area contributed by atoms with E-state index in [1.165, 1.54) is 11.1 Å². The predicted molar refractivity (Wildman–Crippen MR) is 102 cm³/mol. The summed E-state index contributed by atoms with van der Waals surface area (Å²) in [6, 6.07) is 18.1. The van der Waals surface area contributed by atoms with Crippen molar-refractivity contribution in [3.05, 3.63) is 71.5 Å². The van der Waals surface area contributed by atoms with Crippen LogP contribution in [-0.2, 0) is 6.54 Å². The summed E-state index contributed by atoms with van der Waals surface area (Å²) in [7, 11) is 1.65. The number of aryl methyl sites for hydroxylation is 2. The van der Waals surface area contributed by atoms with E-state index in [-0.39, 0.29) is 0 Å². The van der Waals surface area contributed by atoms with Crippen LogP contribution in [0, 0.1) is 13.8 Å². The fraction of sp³-hybridized carbons (Fsp3) is 0.200. The summed E-state index contributed by atoms with van der Waals surface area (Å²) >= 11 is 0. The van der Waals surface area contributed by atoms with Crippen LogP contribution in [0.15, 0.2) is 54.6 Å². The zero-order valence-electron chi connectivity index (χ0n) is 14.7. The van der Waals surface area contributed by atoms with E-state index < -0.39 is 0 Å². The van der Waals surface area contributed by atoms with Gasteiger partial charge >= 0.3 is 0 Å². The van der Waals surface area contributed by atoms with Crippen LogP contribution in [0.5, 0.6) is 5.75 Å². The molecule has 0 saturated carbocycles. The second kappa shape index (κ2) is 7.66. The van der Waals surface area contributed by atoms with Gasteiger partial charge in [0, 0.05) is 24.4 Å². The third-order valence-corrected chi connectivity index (χ3v) is 3.74. The van der Waals surface area contributed by atoms with Crippen molar-refractivity contribution in [2.24, 2.45) is 0 Å². The summed E-state index contributed by atoms with van der Waals surface area (Å²) in [6.07, 6.45) is 0. The summed E-state index contributed by atoms with van der Waals surface area (Å²) < 4.78 is 5.25. The molecule has 128 valence electrons. The van der Waals surface area contributed by atoms with Gasteiger partial charge < -0.3 is 15.4 Å². The van der Waals surface area contributed by atoms with E-state index in [9.17, 15) is 0 Å². The molecular formula is C20H22N4O. The van der Waals surface area contributed by atoms with E-state index in [0.717, 1.165) is 29.6 Å². The molecule has 0 bridgehead atoms. The number of hydrogen-bond donors (Lipinski definition) is 2. The highest BCUT2D eigenvalue weighted by Gasteiger charge is 2.04. The molecule has 5 heteroatoms. The second-order valence-corrected chi connectivity index (χ2v) is 5.89. The van der Waals surface area contributed by atoms with Gasteiger partial charge in [-0.1, -0.05) is 35.9 Å². The van der Waals surface area contributed by atoms with Gasteiger partial charge in [0.05, 0.1) is 7.11 Å². The van der Waals surface area contributed by atoms with Gasteiger partial charge in [-0.25, -0.2) is 9.97 Å². The van der Waals surface area contributed by atoms with E-state index >= 15 is 0 Å². The molecule has 0 aliphatic carbocycles. The Balaban J connectivity index is 1.73. The number of rotatable bonds is 6. The van der Waals surface area contributed by atoms with Crippen molar-refractivity contribution in [2.45, 2.75) is 20.4 Å². The van der Waals surface area contributed by atoms with Crippen molar-refractivity contribution >= 4 is 17.3 Å². The first-order chi connectivity index (χ1) is 12.1. The second-order valence-electron chi connectivity index (χ2n) is 5.89. The Bertz CT molecular complexity index is 864. The van der Waals surface area contributed by atoms with Gasteiger partial charge in [0.2, 0.25) is 0 Å². The summed E-state index contributed by atoms with van der Waals surface area (Å²) in [4.78, 5) is 8.91. The first-order valence-electron chi connectivity index (χ1n) is 8.18. The Morgan fingerprint density at radius 3 is 2.52 bits per heavy atom. The molecule has 0 unspecified atom stereocenters. The van der Waals surface area contributed by atoms with Crippen LogP contribution in [0.4, 0.5) is 17.3 Å². The van der Waals surface area contributed by atoms with Gasteiger partial charge in [-0.15, -0.1) is 0 Å². The van der Waals surface area contributed by atoms with E-state index in [1.54, 1.807) is 7.11 Å². The minimum Gasteiger partial charge on any atom is -0.497 e. The SMILES string of the molecule is COc1cccc(Nc2cc(NCc3cccc(C)c3)nc(C)n2)c1. The molecule has 3 rings (SSSR count). The lowest BCUT2D eigenvalue weighted by molar-refractivity contribution is 0.415. The standard InChI is InChI=1S/C20H22N4O/c1-14-6-4-7-16(10-14)13-21-19-12-20(23-15(2)22-19)24-17-8-5-9-18(11-17)25-3/h4-12H,13H2,1-3H3,(H2,21,22,23,24). The third kappa shape index (κ3) is 4.70. The maximum absolute atomic E-state index is 5.25. The molecule has 25 heavy (non-hydrogen) atoms. The maximum atomic E-state index is 5.25. The number of aromatic nitrogens is 2. The molecule has 0 fully saturated rings. The highest BCUT2D eigenvalue weighted by Crippen LogP contribution is 2.21. The number of nitrogens with one attached hydrogen (secondary N) is 2. The Labute approximate surface area is 148 Å². The lowest BCUT2D eigenvalue weighted by Crippen LogP contribution is -2.05. The molecule has 1 aromatic heterocycles. The quantitative estimate of drug-likeness (QED) is 0.697. The minimum absolute atomic E-state index is 0.708. The Hall–Kier alpha value is -3.08. The van der Waals surface area contributed by atoms with E-state index in [0.29, 0.717) is 5.82 Å². The molecule has 0 atom stereocenters. The first kappa shape index (κ1) is 16.8. The van der Waals surface area contributed by atoms with Crippen molar-refractivity contribution in [2.75, 3.05) is 17.7 Å². The van der Waals surface area contributed by atoms with Crippen LogP contribution >= 0.6 is 0 Å². The number of ether oxygens (including phenoxy) is 1. The van der Waals surface area contributed by atoms with Crippen molar-refractivity contribution in [1.82, 2.24) is 9.97 Å². The summed E-state index contributed by atoms with van der Waals surface area (Å²) in [5.41, 5.74) is 3.39. The first-order valence-corrected chi connectivity index (χ1v) is 8.18. The topological polar surface area (TPSA) is 59.1 Å². The highest BCUT2D eigenvalue weighted by atomic mass is 16.5. The van der Waals surface area contributed by atoms with Crippen LogP contribution in [0.2, 0.25) is 0 Å². The smallest absolute Gasteiger partial charge is 0.136 e. The van der Waals surface area contributed by atoms with E-state index in [1.807, 2.05) is 37.3 Å². The molecule has 3 aromatic rings. The average Bonchev–Trinajstić information content (AvgIpc) is 2.60. The lowest BCUT2D eigenvalue weighted by atomic mass is 10.1. The zero-order valence-corrected chi connectivity index (χ0v) is 14.7. The van der Waals surface area contributed by atoms with Gasteiger partial charge in [-0.3, -0.25) is 0 Å². The highest BCUT2D eigenvalue weighted by molar-refractivity contribution is 5.60. The average molecular weight is 334 g/mol. The molecular weight excluding hydrogens is 312 g/mol. The van der Waals surface area contributed by atoms with Gasteiger partial charge in [-0.2, -0.15) is 0 Å². The summed E-state index contributed by atoms with van der Waals surface area (Å²) in [5, 5.41) is 6.66. The van der Waals surface area contributed by atoms with Crippen molar-refractivity contribution in [1.29, 1.82) is 0 Å². The zero-order chi connectivity index (χ0) is 17.6. The fourth-order valence-corrected chi connectivity index (χ4v) is 2.59. The van der Waals surface area contributed by atoms with Gasteiger partial charge in [0.25, 0.3) is 0 Å². The number of anilines is 3. The Morgan fingerprint density at radius 1 is 0.920 bits per heavy atom. The fourth-order valence-electron chi connectivity index (χ4n) is 2.59. The molecule has 0 aliphatic rings. The monoisotopic (exact) mass is 334 g/mol.